The Balaban J connectivity index is 2.41. The lowest BCUT2D eigenvalue weighted by Crippen LogP contribution is -2.11. The number of benzene rings is 1. The van der Waals surface area contributed by atoms with E-state index in [2.05, 4.69) is 15.9 Å². The van der Waals surface area contributed by atoms with Crippen LogP contribution in [0.4, 0.5) is 8.78 Å². The number of rotatable bonds is 1. The molecule has 70 valence electrons. The average molecular weight is 247 g/mol. The van der Waals surface area contributed by atoms with E-state index < -0.39 is 11.6 Å². The van der Waals surface area contributed by atoms with E-state index in [9.17, 15) is 8.78 Å². The van der Waals surface area contributed by atoms with Gasteiger partial charge in [0.05, 0.1) is 4.47 Å². The van der Waals surface area contributed by atoms with E-state index in [1.807, 2.05) is 0 Å². The minimum absolute atomic E-state index is 0.202. The second-order valence-electron chi connectivity index (χ2n) is 3.39. The molecule has 1 fully saturated rings. The van der Waals surface area contributed by atoms with E-state index >= 15 is 0 Å². The predicted octanol–water partition coefficient (Wildman–Crippen LogP) is 3.99. The fraction of sp³-hybridized carbons (Fsp3) is 0.400. The Morgan fingerprint density at radius 3 is 2.38 bits per heavy atom. The van der Waals surface area contributed by atoms with Crippen molar-refractivity contribution in [3.05, 3.63) is 33.8 Å². The molecule has 3 heteroatoms. The Bertz CT molecular complexity index is 332. The SMILES string of the molecule is Fc1c(Br)ccc(C2CCC2)c1F. The van der Waals surface area contributed by atoms with Gasteiger partial charge in [-0.3, -0.25) is 0 Å². The van der Waals surface area contributed by atoms with Crippen molar-refractivity contribution in [2.24, 2.45) is 0 Å². The highest BCUT2D eigenvalue weighted by atomic mass is 79.9. The largest absolute Gasteiger partial charge is 0.203 e. The van der Waals surface area contributed by atoms with E-state index in [1.54, 1.807) is 12.1 Å². The lowest BCUT2D eigenvalue weighted by atomic mass is 9.80. The summed E-state index contributed by atoms with van der Waals surface area (Å²) in [4.78, 5) is 0. The molecule has 0 atom stereocenters. The number of hydrogen-bond donors (Lipinski definition) is 0. The van der Waals surface area contributed by atoms with Crippen molar-refractivity contribution in [3.8, 4) is 0 Å². The molecule has 0 amide bonds. The van der Waals surface area contributed by atoms with Gasteiger partial charge in [0.25, 0.3) is 0 Å². The van der Waals surface area contributed by atoms with Gasteiger partial charge in [0.2, 0.25) is 0 Å². The molecule has 0 saturated heterocycles. The van der Waals surface area contributed by atoms with Gasteiger partial charge in [0, 0.05) is 0 Å². The van der Waals surface area contributed by atoms with Crippen LogP contribution in [0.3, 0.4) is 0 Å². The maximum absolute atomic E-state index is 13.3. The maximum Gasteiger partial charge on any atom is 0.173 e. The summed E-state index contributed by atoms with van der Waals surface area (Å²) in [6.07, 6.45) is 3.10. The van der Waals surface area contributed by atoms with Gasteiger partial charge in [0.15, 0.2) is 11.6 Å². The van der Waals surface area contributed by atoms with Gasteiger partial charge in [-0.05, 0) is 46.3 Å². The summed E-state index contributed by atoms with van der Waals surface area (Å²) in [5.74, 6) is -1.20. The second-order valence-corrected chi connectivity index (χ2v) is 4.25. The molecule has 0 aromatic heterocycles. The van der Waals surface area contributed by atoms with Crippen molar-refractivity contribution in [2.45, 2.75) is 25.2 Å². The van der Waals surface area contributed by atoms with Gasteiger partial charge in [-0.2, -0.15) is 0 Å². The van der Waals surface area contributed by atoms with Crippen LogP contribution in [0.5, 0.6) is 0 Å². The first-order valence-electron chi connectivity index (χ1n) is 4.33. The highest BCUT2D eigenvalue weighted by Gasteiger charge is 2.24. The van der Waals surface area contributed by atoms with Crippen LogP contribution in [0.25, 0.3) is 0 Å². The highest BCUT2D eigenvalue weighted by Crippen LogP contribution is 2.38. The van der Waals surface area contributed by atoms with E-state index in [1.165, 1.54) is 0 Å². The topological polar surface area (TPSA) is 0 Å². The van der Waals surface area contributed by atoms with Gasteiger partial charge in [-0.15, -0.1) is 0 Å². The minimum atomic E-state index is -0.760. The maximum atomic E-state index is 13.3. The Morgan fingerprint density at radius 2 is 1.85 bits per heavy atom. The first kappa shape index (κ1) is 9.13. The Morgan fingerprint density at radius 1 is 1.15 bits per heavy atom. The third-order valence-corrected chi connectivity index (χ3v) is 3.22. The molecule has 1 saturated carbocycles. The summed E-state index contributed by atoms with van der Waals surface area (Å²) in [6, 6.07) is 3.25. The summed E-state index contributed by atoms with van der Waals surface area (Å²) in [5, 5.41) is 0. The van der Waals surface area contributed by atoms with Crippen LogP contribution in [0.1, 0.15) is 30.7 Å². The molecule has 1 aliphatic carbocycles. The third-order valence-electron chi connectivity index (χ3n) is 2.61. The number of halogens is 3. The monoisotopic (exact) mass is 246 g/mol. The Hall–Kier alpha value is -0.440. The quantitative estimate of drug-likeness (QED) is 0.658. The first-order chi connectivity index (χ1) is 6.20. The molecule has 0 unspecified atom stereocenters. The van der Waals surface area contributed by atoms with Crippen molar-refractivity contribution in [1.29, 1.82) is 0 Å². The lowest BCUT2D eigenvalue weighted by Gasteiger charge is -2.26. The molecule has 1 aromatic rings. The van der Waals surface area contributed by atoms with Crippen LogP contribution in [0, 0.1) is 11.6 Å². The van der Waals surface area contributed by atoms with E-state index in [4.69, 9.17) is 0 Å². The zero-order chi connectivity index (χ0) is 9.42. The van der Waals surface area contributed by atoms with Crippen molar-refractivity contribution in [2.75, 3.05) is 0 Å². The molecule has 2 rings (SSSR count). The summed E-state index contributed by atoms with van der Waals surface area (Å²) in [5.41, 5.74) is 0.534. The van der Waals surface area contributed by atoms with Crippen molar-refractivity contribution in [1.82, 2.24) is 0 Å². The smallest absolute Gasteiger partial charge is 0.173 e. The standard InChI is InChI=1S/C10H9BrF2/c11-8-5-4-7(6-2-1-3-6)9(12)10(8)13/h4-6H,1-3H2. The van der Waals surface area contributed by atoms with Crippen LogP contribution in [-0.2, 0) is 0 Å². The average Bonchev–Trinajstić information content (AvgIpc) is 2.03. The predicted molar refractivity (Wildman–Crippen MR) is 50.7 cm³/mol. The van der Waals surface area contributed by atoms with Gasteiger partial charge in [-0.1, -0.05) is 12.5 Å². The van der Waals surface area contributed by atoms with E-state index in [0.29, 0.717) is 5.56 Å². The summed E-state index contributed by atoms with van der Waals surface area (Å²) < 4.78 is 26.6. The molecule has 13 heavy (non-hydrogen) atoms. The van der Waals surface area contributed by atoms with Crippen molar-refractivity contribution in [3.63, 3.8) is 0 Å². The molecule has 1 aromatic carbocycles. The molecule has 0 heterocycles. The summed E-state index contributed by atoms with van der Waals surface area (Å²) in [6.45, 7) is 0. The zero-order valence-electron chi connectivity index (χ0n) is 6.99. The third kappa shape index (κ3) is 1.50. The Labute approximate surface area is 84.1 Å². The van der Waals surface area contributed by atoms with Crippen LogP contribution in [0.2, 0.25) is 0 Å². The van der Waals surface area contributed by atoms with Crippen LogP contribution < -0.4 is 0 Å². The summed E-state index contributed by atoms with van der Waals surface area (Å²) in [7, 11) is 0. The molecule has 0 bridgehead atoms. The van der Waals surface area contributed by atoms with Crippen LogP contribution in [-0.4, -0.2) is 0 Å². The highest BCUT2D eigenvalue weighted by molar-refractivity contribution is 9.10. The fourth-order valence-electron chi connectivity index (χ4n) is 1.58. The molecule has 0 aliphatic heterocycles. The van der Waals surface area contributed by atoms with Crippen molar-refractivity contribution >= 4 is 15.9 Å². The van der Waals surface area contributed by atoms with Crippen LogP contribution in [0.15, 0.2) is 16.6 Å². The molecule has 0 radical (unpaired) electrons. The van der Waals surface area contributed by atoms with Gasteiger partial charge >= 0.3 is 0 Å². The second kappa shape index (κ2) is 3.37. The van der Waals surface area contributed by atoms with Gasteiger partial charge in [-0.25, -0.2) is 8.78 Å². The molecular weight excluding hydrogens is 238 g/mol. The minimum Gasteiger partial charge on any atom is -0.203 e. The van der Waals surface area contributed by atoms with Gasteiger partial charge < -0.3 is 0 Å². The zero-order valence-corrected chi connectivity index (χ0v) is 8.57. The van der Waals surface area contributed by atoms with Crippen molar-refractivity contribution < 1.29 is 8.78 Å². The van der Waals surface area contributed by atoms with E-state index in [0.717, 1.165) is 19.3 Å². The number of hydrogen-bond acceptors (Lipinski definition) is 0. The molecular formula is C10H9BrF2. The molecule has 0 nitrogen and oxygen atoms in total. The Kier molecular flexibility index (Phi) is 2.37. The molecule has 0 N–H and O–H groups in total. The first-order valence-corrected chi connectivity index (χ1v) is 5.13. The molecule has 1 aliphatic rings. The summed E-state index contributed by atoms with van der Waals surface area (Å²) >= 11 is 2.95. The lowest BCUT2D eigenvalue weighted by molar-refractivity contribution is 0.392. The van der Waals surface area contributed by atoms with Gasteiger partial charge in [0.1, 0.15) is 0 Å². The molecule has 0 spiro atoms. The fourth-order valence-corrected chi connectivity index (χ4v) is 1.88. The van der Waals surface area contributed by atoms with Crippen LogP contribution >= 0.6 is 15.9 Å². The normalized spacial score (nSPS) is 17.2. The van der Waals surface area contributed by atoms with E-state index in [-0.39, 0.29) is 10.4 Å².